The minimum atomic E-state index is -0.267. The van der Waals surface area contributed by atoms with Gasteiger partial charge in [-0.2, -0.15) is 0 Å². The molecule has 0 amide bonds. The highest BCUT2D eigenvalue weighted by atomic mass is 16.5. The zero-order chi connectivity index (χ0) is 18.0. The van der Waals surface area contributed by atoms with Crippen molar-refractivity contribution in [3.05, 3.63) is 22.8 Å². The van der Waals surface area contributed by atoms with Crippen molar-refractivity contribution in [2.45, 2.75) is 72.6 Å². The minimum Gasteiger partial charge on any atom is -0.466 e. The highest BCUT2D eigenvalue weighted by Crippen LogP contribution is 2.60. The average Bonchev–Trinajstić information content (AvgIpc) is 2.53. The van der Waals surface area contributed by atoms with Gasteiger partial charge in [0, 0.05) is 12.7 Å². The molecule has 0 aliphatic heterocycles. The van der Waals surface area contributed by atoms with E-state index in [4.69, 9.17) is 4.74 Å². The van der Waals surface area contributed by atoms with Crippen molar-refractivity contribution in [3.63, 3.8) is 0 Å². The first kappa shape index (κ1) is 19.2. The molecule has 0 unspecified atom stereocenters. The predicted molar refractivity (Wildman–Crippen MR) is 97.6 cm³/mol. The summed E-state index contributed by atoms with van der Waals surface area (Å²) in [5.41, 5.74) is 4.44. The average molecular weight is 335 g/mol. The topological polar surface area (TPSA) is 46.5 Å². The summed E-state index contributed by atoms with van der Waals surface area (Å²) in [5.74, 6) is 0.295. The van der Waals surface area contributed by atoms with E-state index in [9.17, 15) is 9.90 Å². The smallest absolute Gasteiger partial charge is 0.330 e. The van der Waals surface area contributed by atoms with E-state index >= 15 is 0 Å². The summed E-state index contributed by atoms with van der Waals surface area (Å²) in [6.45, 7) is 9.27. The van der Waals surface area contributed by atoms with Gasteiger partial charge in [0.25, 0.3) is 0 Å². The van der Waals surface area contributed by atoms with Crippen molar-refractivity contribution in [3.8, 4) is 0 Å². The maximum atomic E-state index is 11.4. The molecule has 1 N–H and O–H groups in total. The third-order valence-corrected chi connectivity index (χ3v) is 6.76. The number of rotatable bonds is 5. The number of hydrogen-bond acceptors (Lipinski definition) is 3. The molecule has 0 heterocycles. The number of carbonyl (C=O) groups excluding carboxylic acids is 1. The van der Waals surface area contributed by atoms with Gasteiger partial charge in [-0.05, 0) is 69.1 Å². The molecule has 2 rings (SSSR count). The van der Waals surface area contributed by atoms with Gasteiger partial charge in [-0.1, -0.05) is 37.0 Å². The molecule has 0 spiro atoms. The van der Waals surface area contributed by atoms with Crippen molar-refractivity contribution in [1.29, 1.82) is 0 Å². The van der Waals surface area contributed by atoms with Gasteiger partial charge in [-0.25, -0.2) is 4.79 Å². The van der Waals surface area contributed by atoms with E-state index in [2.05, 4.69) is 20.8 Å². The first-order valence-electron chi connectivity index (χ1n) is 9.32. The molecular formula is C21H34O3. The molecule has 2 aliphatic carbocycles. The highest BCUT2D eigenvalue weighted by Gasteiger charge is 2.51. The van der Waals surface area contributed by atoms with Gasteiger partial charge in [0.05, 0.1) is 7.11 Å². The van der Waals surface area contributed by atoms with Crippen LogP contribution < -0.4 is 0 Å². The molecule has 1 saturated carbocycles. The van der Waals surface area contributed by atoms with Crippen LogP contribution in [-0.4, -0.2) is 24.8 Å². The molecule has 0 bridgehead atoms. The molecule has 0 saturated heterocycles. The third kappa shape index (κ3) is 3.61. The Balaban J connectivity index is 2.22. The molecule has 0 aromatic rings. The number of ether oxygens (including phenoxy) is 1. The Kier molecular flexibility index (Phi) is 5.95. The molecular weight excluding hydrogens is 300 g/mol. The van der Waals surface area contributed by atoms with E-state index in [-0.39, 0.29) is 16.8 Å². The highest BCUT2D eigenvalue weighted by molar-refractivity contribution is 5.82. The Labute approximate surface area is 147 Å². The molecule has 1 fully saturated rings. The number of aliphatic hydroxyl groups excluding tert-OH is 1. The standard InChI is InChI=1S/C21H34O3/c1-15(13-19(23)24-5)7-9-17-16(2)8-10-18-20(3,14-22)11-6-12-21(17,18)4/h13,18,22H,6-12,14H2,1-5H3/b15-13+/t18-,20+,21+/m0/s1. The van der Waals surface area contributed by atoms with Gasteiger partial charge in [-0.15, -0.1) is 0 Å². The molecule has 136 valence electrons. The van der Waals surface area contributed by atoms with Crippen LogP contribution in [-0.2, 0) is 9.53 Å². The Morgan fingerprint density at radius 1 is 1.38 bits per heavy atom. The normalized spacial score (nSPS) is 34.1. The Morgan fingerprint density at radius 3 is 2.71 bits per heavy atom. The van der Waals surface area contributed by atoms with E-state index < -0.39 is 0 Å². The predicted octanol–water partition coefficient (Wildman–Crippen LogP) is 4.80. The summed E-state index contributed by atoms with van der Waals surface area (Å²) in [6, 6.07) is 0. The summed E-state index contributed by atoms with van der Waals surface area (Å²) in [4.78, 5) is 11.4. The third-order valence-electron chi connectivity index (χ3n) is 6.76. The Hall–Kier alpha value is -1.09. The number of aliphatic hydroxyl groups is 1. The summed E-state index contributed by atoms with van der Waals surface area (Å²) < 4.78 is 4.73. The lowest BCUT2D eigenvalue weighted by atomic mass is 9.49. The maximum Gasteiger partial charge on any atom is 0.330 e. The second kappa shape index (κ2) is 7.43. The van der Waals surface area contributed by atoms with Crippen LogP contribution in [0.1, 0.15) is 72.6 Å². The van der Waals surface area contributed by atoms with Crippen LogP contribution in [0, 0.1) is 16.7 Å². The molecule has 3 nitrogen and oxygen atoms in total. The largest absolute Gasteiger partial charge is 0.466 e. The monoisotopic (exact) mass is 334 g/mol. The summed E-state index contributed by atoms with van der Waals surface area (Å²) in [7, 11) is 1.42. The molecule has 0 radical (unpaired) electrons. The maximum absolute atomic E-state index is 11.4. The zero-order valence-electron chi connectivity index (χ0n) is 16.1. The van der Waals surface area contributed by atoms with Crippen molar-refractivity contribution in [2.24, 2.45) is 16.7 Å². The lowest BCUT2D eigenvalue weighted by Gasteiger charge is -2.56. The SMILES string of the molecule is COC(=O)/C=C(\C)CCC1=C(C)CC[C@H]2[C@@](C)(CO)CCC[C@]12C. The number of carbonyl (C=O) groups is 1. The van der Waals surface area contributed by atoms with Gasteiger partial charge < -0.3 is 9.84 Å². The van der Waals surface area contributed by atoms with Crippen LogP contribution in [0.2, 0.25) is 0 Å². The molecule has 2 aliphatic rings. The van der Waals surface area contributed by atoms with Crippen LogP contribution in [0.15, 0.2) is 22.8 Å². The van der Waals surface area contributed by atoms with E-state index in [1.165, 1.54) is 31.9 Å². The van der Waals surface area contributed by atoms with Crippen LogP contribution in [0.5, 0.6) is 0 Å². The van der Waals surface area contributed by atoms with Crippen molar-refractivity contribution in [2.75, 3.05) is 13.7 Å². The van der Waals surface area contributed by atoms with Crippen molar-refractivity contribution < 1.29 is 14.6 Å². The summed E-state index contributed by atoms with van der Waals surface area (Å²) in [6.07, 6.45) is 9.41. The number of hydrogen-bond donors (Lipinski definition) is 1. The van der Waals surface area contributed by atoms with Crippen LogP contribution >= 0.6 is 0 Å². The van der Waals surface area contributed by atoms with Crippen LogP contribution in [0.4, 0.5) is 0 Å². The lowest BCUT2D eigenvalue weighted by molar-refractivity contribution is -0.134. The summed E-state index contributed by atoms with van der Waals surface area (Å²) in [5, 5.41) is 10.0. The fraction of sp³-hybridized carbons (Fsp3) is 0.762. The van der Waals surface area contributed by atoms with E-state index in [1.807, 2.05) is 6.92 Å². The number of fused-ring (bicyclic) bond motifs is 1. The van der Waals surface area contributed by atoms with E-state index in [0.717, 1.165) is 31.3 Å². The lowest BCUT2D eigenvalue weighted by Crippen LogP contribution is -2.48. The second-order valence-electron chi connectivity index (χ2n) is 8.45. The first-order chi connectivity index (χ1) is 11.3. The number of esters is 1. The van der Waals surface area contributed by atoms with Crippen LogP contribution in [0.3, 0.4) is 0 Å². The molecule has 0 aromatic heterocycles. The van der Waals surface area contributed by atoms with Gasteiger partial charge in [-0.3, -0.25) is 0 Å². The quantitative estimate of drug-likeness (QED) is 0.446. The Bertz CT molecular complexity index is 545. The number of methoxy groups -OCH3 is 1. The molecule has 24 heavy (non-hydrogen) atoms. The fourth-order valence-corrected chi connectivity index (χ4v) is 5.35. The van der Waals surface area contributed by atoms with Crippen LogP contribution in [0.25, 0.3) is 0 Å². The minimum absolute atomic E-state index is 0.0514. The van der Waals surface area contributed by atoms with Crippen molar-refractivity contribution in [1.82, 2.24) is 0 Å². The van der Waals surface area contributed by atoms with Gasteiger partial charge in [0.15, 0.2) is 0 Å². The van der Waals surface area contributed by atoms with E-state index in [1.54, 1.807) is 11.6 Å². The van der Waals surface area contributed by atoms with Gasteiger partial charge in [0.1, 0.15) is 0 Å². The first-order valence-corrected chi connectivity index (χ1v) is 9.32. The fourth-order valence-electron chi connectivity index (χ4n) is 5.35. The van der Waals surface area contributed by atoms with Crippen molar-refractivity contribution >= 4 is 5.97 Å². The molecule has 0 aromatic carbocycles. The molecule has 3 heteroatoms. The second-order valence-corrected chi connectivity index (χ2v) is 8.45. The van der Waals surface area contributed by atoms with E-state index in [0.29, 0.717) is 12.5 Å². The summed E-state index contributed by atoms with van der Waals surface area (Å²) >= 11 is 0. The van der Waals surface area contributed by atoms with Gasteiger partial charge in [0.2, 0.25) is 0 Å². The molecule has 3 atom stereocenters. The van der Waals surface area contributed by atoms with Gasteiger partial charge >= 0.3 is 5.97 Å². The Morgan fingerprint density at radius 2 is 2.08 bits per heavy atom. The number of allylic oxidation sites excluding steroid dienone is 3. The zero-order valence-corrected chi connectivity index (χ0v) is 16.1.